The molecule has 2 heterocycles. The van der Waals surface area contributed by atoms with E-state index < -0.39 is 0 Å². The second-order valence-corrected chi connectivity index (χ2v) is 7.43. The number of carbonyl (C=O) groups is 1. The van der Waals surface area contributed by atoms with Crippen molar-refractivity contribution in [2.75, 3.05) is 33.2 Å². The average molecular weight is 345 g/mol. The lowest BCUT2D eigenvalue weighted by Gasteiger charge is -2.29. The summed E-state index contributed by atoms with van der Waals surface area (Å²) < 4.78 is 6.07. The first-order valence-electron chi connectivity index (χ1n) is 9.61. The Balaban J connectivity index is 1.42. The molecule has 5 heteroatoms. The highest BCUT2D eigenvalue weighted by Crippen LogP contribution is 2.20. The fraction of sp³-hybridized carbons (Fsp3) is 0.650. The number of rotatable bonds is 5. The molecule has 0 unspecified atom stereocenters. The summed E-state index contributed by atoms with van der Waals surface area (Å²) in [6, 6.07) is 8.18. The number of hydrogen-bond donors (Lipinski definition) is 1. The molecule has 5 nitrogen and oxygen atoms in total. The number of ether oxygens (including phenoxy) is 1. The Morgan fingerprint density at radius 2 is 1.88 bits per heavy atom. The molecule has 0 spiro atoms. The summed E-state index contributed by atoms with van der Waals surface area (Å²) in [6.45, 7) is 6.75. The lowest BCUT2D eigenvalue weighted by Crippen LogP contribution is -2.38. The Morgan fingerprint density at radius 1 is 1.16 bits per heavy atom. The number of hydrogen-bond acceptors (Lipinski definition) is 3. The predicted octanol–water partition coefficient (Wildman–Crippen LogP) is 3.10. The molecule has 1 N–H and O–H groups in total. The smallest absolute Gasteiger partial charge is 0.317 e. The van der Waals surface area contributed by atoms with Crippen LogP contribution in [-0.4, -0.2) is 55.2 Å². The van der Waals surface area contributed by atoms with E-state index in [0.29, 0.717) is 18.6 Å². The van der Waals surface area contributed by atoms with Crippen molar-refractivity contribution in [3.05, 3.63) is 29.8 Å². The summed E-state index contributed by atoms with van der Waals surface area (Å²) in [4.78, 5) is 16.5. The van der Waals surface area contributed by atoms with E-state index in [1.807, 2.05) is 29.2 Å². The second-order valence-electron chi connectivity index (χ2n) is 7.43. The zero-order chi connectivity index (χ0) is 17.6. The van der Waals surface area contributed by atoms with Crippen molar-refractivity contribution in [1.29, 1.82) is 0 Å². The monoisotopic (exact) mass is 345 g/mol. The van der Waals surface area contributed by atoms with Gasteiger partial charge in [0.2, 0.25) is 0 Å². The molecule has 2 saturated heterocycles. The lowest BCUT2D eigenvalue weighted by atomic mass is 10.1. The highest BCUT2D eigenvalue weighted by atomic mass is 16.5. The van der Waals surface area contributed by atoms with Crippen LogP contribution >= 0.6 is 0 Å². The van der Waals surface area contributed by atoms with E-state index in [2.05, 4.69) is 24.2 Å². The van der Waals surface area contributed by atoms with Crippen molar-refractivity contribution in [2.45, 2.75) is 45.3 Å². The summed E-state index contributed by atoms with van der Waals surface area (Å²) in [7, 11) is 2.16. The Bertz CT molecular complexity index is 553. The van der Waals surface area contributed by atoms with Crippen molar-refractivity contribution in [3.8, 4) is 5.75 Å². The number of carbonyl (C=O) groups excluding carboxylic acids is 1. The summed E-state index contributed by atoms with van der Waals surface area (Å²) in [5, 5.41) is 3.03. The van der Waals surface area contributed by atoms with Crippen LogP contribution in [0.5, 0.6) is 5.75 Å². The van der Waals surface area contributed by atoms with Crippen LogP contribution in [0.3, 0.4) is 0 Å². The molecular weight excluding hydrogens is 314 g/mol. The van der Waals surface area contributed by atoms with Crippen LogP contribution in [0, 0.1) is 5.92 Å². The van der Waals surface area contributed by atoms with Crippen LogP contribution < -0.4 is 10.1 Å². The highest BCUT2D eigenvalue weighted by Gasteiger charge is 2.24. The quantitative estimate of drug-likeness (QED) is 0.892. The van der Waals surface area contributed by atoms with Crippen LogP contribution in [0.25, 0.3) is 0 Å². The summed E-state index contributed by atoms with van der Waals surface area (Å²) in [5.74, 6) is 1.59. The van der Waals surface area contributed by atoms with Crippen molar-refractivity contribution >= 4 is 6.03 Å². The number of likely N-dealkylation sites (tertiary alicyclic amines) is 2. The maximum absolute atomic E-state index is 12.2. The molecule has 3 rings (SSSR count). The average Bonchev–Trinajstić information content (AvgIpc) is 3.12. The number of urea groups is 1. The Kier molecular flexibility index (Phi) is 6.19. The van der Waals surface area contributed by atoms with Gasteiger partial charge in [0.15, 0.2) is 0 Å². The minimum atomic E-state index is 0.0580. The maximum atomic E-state index is 12.2. The minimum absolute atomic E-state index is 0.0580. The van der Waals surface area contributed by atoms with Gasteiger partial charge in [0.1, 0.15) is 11.9 Å². The lowest BCUT2D eigenvalue weighted by molar-refractivity contribution is 0.114. The van der Waals surface area contributed by atoms with E-state index >= 15 is 0 Å². The molecule has 138 valence electrons. The van der Waals surface area contributed by atoms with E-state index in [-0.39, 0.29) is 6.03 Å². The molecular formula is C20H31N3O2. The number of nitrogens with zero attached hydrogens (tertiary/aromatic N) is 2. The molecule has 1 aromatic rings. The van der Waals surface area contributed by atoms with E-state index in [9.17, 15) is 4.79 Å². The number of amides is 2. The number of piperidine rings is 1. The molecule has 1 atom stereocenters. The normalized spacial score (nSPS) is 22.2. The molecule has 0 radical (unpaired) electrons. The molecule has 1 aromatic carbocycles. The van der Waals surface area contributed by atoms with Gasteiger partial charge < -0.3 is 19.9 Å². The third-order valence-corrected chi connectivity index (χ3v) is 5.49. The van der Waals surface area contributed by atoms with Crippen molar-refractivity contribution in [2.24, 2.45) is 5.92 Å². The van der Waals surface area contributed by atoms with E-state index in [1.165, 1.54) is 0 Å². The van der Waals surface area contributed by atoms with Gasteiger partial charge in [-0.15, -0.1) is 0 Å². The summed E-state index contributed by atoms with van der Waals surface area (Å²) in [6.07, 6.45) is 4.78. The predicted molar refractivity (Wildman–Crippen MR) is 99.8 cm³/mol. The fourth-order valence-corrected chi connectivity index (χ4v) is 3.62. The van der Waals surface area contributed by atoms with Crippen LogP contribution in [0.1, 0.15) is 38.2 Å². The fourth-order valence-electron chi connectivity index (χ4n) is 3.62. The zero-order valence-corrected chi connectivity index (χ0v) is 15.5. The van der Waals surface area contributed by atoms with Gasteiger partial charge in [-0.1, -0.05) is 25.5 Å². The summed E-state index contributed by atoms with van der Waals surface area (Å²) >= 11 is 0. The largest absolute Gasteiger partial charge is 0.490 e. The Morgan fingerprint density at radius 3 is 2.52 bits per heavy atom. The second kappa shape index (κ2) is 8.56. The number of nitrogens with one attached hydrogen (secondary N) is 1. The van der Waals surface area contributed by atoms with Crippen LogP contribution in [-0.2, 0) is 6.54 Å². The Hall–Kier alpha value is -1.75. The highest BCUT2D eigenvalue weighted by molar-refractivity contribution is 5.74. The molecule has 2 aliphatic heterocycles. The summed E-state index contributed by atoms with van der Waals surface area (Å²) in [5.41, 5.74) is 1.11. The van der Waals surface area contributed by atoms with E-state index in [0.717, 1.165) is 63.2 Å². The van der Waals surface area contributed by atoms with Gasteiger partial charge in [0.05, 0.1) is 0 Å². The molecule has 0 aromatic heterocycles. The topological polar surface area (TPSA) is 44.8 Å². The molecule has 0 bridgehead atoms. The van der Waals surface area contributed by atoms with Crippen LogP contribution in [0.4, 0.5) is 4.79 Å². The first-order chi connectivity index (χ1) is 12.1. The van der Waals surface area contributed by atoms with Gasteiger partial charge in [0, 0.05) is 32.7 Å². The first-order valence-corrected chi connectivity index (χ1v) is 9.61. The third-order valence-electron chi connectivity index (χ3n) is 5.49. The van der Waals surface area contributed by atoms with Gasteiger partial charge in [-0.2, -0.15) is 0 Å². The SMILES string of the molecule is CC[C@@H]1CCN(C(=O)NCc2ccc(OC3CCN(C)CC3)cc2)C1. The van der Waals surface area contributed by atoms with E-state index in [1.54, 1.807) is 0 Å². The molecule has 2 fully saturated rings. The van der Waals surface area contributed by atoms with Crippen molar-refractivity contribution in [3.63, 3.8) is 0 Å². The Labute approximate surface area is 151 Å². The molecule has 2 amide bonds. The van der Waals surface area contributed by atoms with Crippen LogP contribution in [0.15, 0.2) is 24.3 Å². The molecule has 0 saturated carbocycles. The third kappa shape index (κ3) is 5.11. The van der Waals surface area contributed by atoms with Gasteiger partial charge in [-0.25, -0.2) is 4.79 Å². The van der Waals surface area contributed by atoms with Crippen molar-refractivity contribution in [1.82, 2.24) is 15.1 Å². The van der Waals surface area contributed by atoms with Gasteiger partial charge in [-0.3, -0.25) is 0 Å². The van der Waals surface area contributed by atoms with E-state index in [4.69, 9.17) is 4.74 Å². The van der Waals surface area contributed by atoms with Crippen molar-refractivity contribution < 1.29 is 9.53 Å². The first kappa shape index (κ1) is 18.1. The molecule has 2 aliphatic rings. The molecule has 25 heavy (non-hydrogen) atoms. The number of benzene rings is 1. The maximum Gasteiger partial charge on any atom is 0.317 e. The van der Waals surface area contributed by atoms with Gasteiger partial charge >= 0.3 is 6.03 Å². The van der Waals surface area contributed by atoms with Gasteiger partial charge in [-0.05, 0) is 49.9 Å². The van der Waals surface area contributed by atoms with Crippen LogP contribution in [0.2, 0.25) is 0 Å². The van der Waals surface area contributed by atoms with Gasteiger partial charge in [0.25, 0.3) is 0 Å². The minimum Gasteiger partial charge on any atom is -0.490 e. The standard InChI is InChI=1S/C20H31N3O2/c1-3-16-8-13-23(15-16)20(24)21-14-17-4-6-18(7-5-17)25-19-9-11-22(2)12-10-19/h4-7,16,19H,3,8-15H2,1-2H3,(H,21,24)/t16-/m1/s1. The zero-order valence-electron chi connectivity index (χ0n) is 15.5. The molecule has 0 aliphatic carbocycles.